The first kappa shape index (κ1) is 24.9. The van der Waals surface area contributed by atoms with E-state index in [4.69, 9.17) is 9.72 Å². The van der Waals surface area contributed by atoms with E-state index in [1.165, 1.54) is 18.9 Å². The molecule has 7 rings (SSSR count). The number of pyridine rings is 1. The zero-order valence-corrected chi connectivity index (χ0v) is 22.3. The van der Waals surface area contributed by atoms with Crippen molar-refractivity contribution in [3.63, 3.8) is 0 Å². The van der Waals surface area contributed by atoms with E-state index < -0.39 is 11.6 Å². The van der Waals surface area contributed by atoms with Crippen molar-refractivity contribution >= 4 is 22.4 Å². The molecule has 2 aromatic heterocycles. The summed E-state index contributed by atoms with van der Waals surface area (Å²) in [6, 6.07) is 5.57. The average Bonchev–Trinajstić information content (AvgIpc) is 3.62. The fraction of sp³-hybridized carbons (Fsp3) is 0.552. The Hall–Kier alpha value is -3.11. The monoisotopic (exact) mass is 535 g/mol. The Balaban J connectivity index is 1.32. The van der Waals surface area contributed by atoms with Crippen LogP contribution in [-0.4, -0.2) is 76.8 Å². The molecule has 3 aromatic rings. The van der Waals surface area contributed by atoms with Crippen LogP contribution in [0, 0.1) is 11.6 Å². The molecule has 1 aromatic carbocycles. The topological polar surface area (TPSA) is 78.4 Å². The van der Waals surface area contributed by atoms with Gasteiger partial charge in [-0.05, 0) is 64.6 Å². The maximum absolute atomic E-state index is 16.4. The second kappa shape index (κ2) is 9.82. The van der Waals surface area contributed by atoms with Gasteiger partial charge < -0.3 is 20.3 Å². The Morgan fingerprint density at radius 3 is 2.62 bits per heavy atom. The van der Waals surface area contributed by atoms with E-state index in [0.717, 1.165) is 51.9 Å². The molecule has 2 atom stereocenters. The van der Waals surface area contributed by atoms with Crippen molar-refractivity contribution in [3.05, 3.63) is 36.0 Å². The number of halogens is 2. The normalized spacial score (nSPS) is 23.9. The summed E-state index contributed by atoms with van der Waals surface area (Å²) >= 11 is 0. The number of fused-ring (bicyclic) bond motifs is 4. The molecule has 8 nitrogen and oxygen atoms in total. The van der Waals surface area contributed by atoms with Gasteiger partial charge in [0.05, 0.1) is 16.6 Å². The number of piperazine rings is 1. The van der Waals surface area contributed by atoms with Gasteiger partial charge in [-0.2, -0.15) is 9.97 Å². The SMILES string of the molecule is CCNc1c(F)cccc1-c1ncc2c(N3CC4CCC(C3)N4)nc(OCC34CCCN3CCC4)nc2c1F. The minimum Gasteiger partial charge on any atom is -0.461 e. The van der Waals surface area contributed by atoms with Crippen molar-refractivity contribution in [2.24, 2.45) is 0 Å². The van der Waals surface area contributed by atoms with Gasteiger partial charge >= 0.3 is 6.01 Å². The maximum atomic E-state index is 16.4. The van der Waals surface area contributed by atoms with E-state index in [1.807, 2.05) is 6.92 Å². The van der Waals surface area contributed by atoms with E-state index in [-0.39, 0.29) is 28.4 Å². The Bertz CT molecular complexity index is 1380. The number of benzene rings is 1. The molecule has 39 heavy (non-hydrogen) atoms. The standard InChI is InChI=1S/C29H35F2N7O/c1-2-32-24-20(6-3-7-22(24)30)25-23(31)26-21(14-33-25)27(37-15-18-8-9-19(16-37)34-18)36-28(35-26)39-17-29-10-4-12-38(29)13-5-11-29/h3,6-7,14,18-19,32,34H,2,4-5,8-13,15-17H2,1H3. The molecule has 4 aliphatic rings. The summed E-state index contributed by atoms with van der Waals surface area (Å²) in [5.41, 5.74) is 0.842. The predicted molar refractivity (Wildman–Crippen MR) is 147 cm³/mol. The number of para-hydroxylation sites is 1. The van der Waals surface area contributed by atoms with Gasteiger partial charge in [0.15, 0.2) is 5.82 Å². The van der Waals surface area contributed by atoms with Crippen LogP contribution in [0.1, 0.15) is 45.4 Å². The smallest absolute Gasteiger partial charge is 0.319 e. The minimum absolute atomic E-state index is 0.0247. The molecule has 206 valence electrons. The Morgan fingerprint density at radius 1 is 1.10 bits per heavy atom. The van der Waals surface area contributed by atoms with Crippen LogP contribution in [0.4, 0.5) is 20.3 Å². The van der Waals surface area contributed by atoms with Crippen LogP contribution in [0.25, 0.3) is 22.2 Å². The third-order valence-electron chi connectivity index (χ3n) is 9.06. The fourth-order valence-electron chi connectivity index (χ4n) is 7.22. The van der Waals surface area contributed by atoms with Crippen molar-refractivity contribution in [3.8, 4) is 17.3 Å². The van der Waals surface area contributed by atoms with Crippen LogP contribution in [0.15, 0.2) is 24.4 Å². The number of ether oxygens (including phenoxy) is 1. The lowest BCUT2D eigenvalue weighted by Crippen LogP contribution is -2.51. The van der Waals surface area contributed by atoms with Gasteiger partial charge in [-0.15, -0.1) is 0 Å². The molecule has 6 heterocycles. The van der Waals surface area contributed by atoms with Crippen molar-refractivity contribution in [1.82, 2.24) is 25.2 Å². The highest BCUT2D eigenvalue weighted by Gasteiger charge is 2.45. The minimum atomic E-state index is -0.592. The number of nitrogens with zero attached hydrogens (tertiary/aromatic N) is 5. The molecule has 2 unspecified atom stereocenters. The molecule has 4 fully saturated rings. The van der Waals surface area contributed by atoms with Gasteiger partial charge in [0.25, 0.3) is 0 Å². The molecule has 0 aliphatic carbocycles. The Kier molecular flexibility index (Phi) is 6.27. The van der Waals surface area contributed by atoms with E-state index >= 15 is 4.39 Å². The molecular weight excluding hydrogens is 500 g/mol. The number of hydrogen-bond acceptors (Lipinski definition) is 8. The number of nitrogens with one attached hydrogen (secondary N) is 2. The largest absolute Gasteiger partial charge is 0.461 e. The van der Waals surface area contributed by atoms with Gasteiger partial charge in [0, 0.05) is 43.5 Å². The first-order valence-electron chi connectivity index (χ1n) is 14.3. The predicted octanol–water partition coefficient (Wildman–Crippen LogP) is 4.35. The summed E-state index contributed by atoms with van der Waals surface area (Å²) in [5.74, 6) is -0.383. The number of anilines is 2. The van der Waals surface area contributed by atoms with Crippen molar-refractivity contribution in [1.29, 1.82) is 0 Å². The highest BCUT2D eigenvalue weighted by molar-refractivity contribution is 5.93. The summed E-state index contributed by atoms with van der Waals surface area (Å²) in [7, 11) is 0. The van der Waals surface area contributed by atoms with Crippen LogP contribution in [0.5, 0.6) is 6.01 Å². The van der Waals surface area contributed by atoms with E-state index in [1.54, 1.807) is 18.3 Å². The lowest BCUT2D eigenvalue weighted by atomic mass is 9.95. The third kappa shape index (κ3) is 4.28. The molecular formula is C29H35F2N7O. The van der Waals surface area contributed by atoms with Gasteiger partial charge in [-0.25, -0.2) is 8.78 Å². The summed E-state index contributed by atoms with van der Waals surface area (Å²) in [6.07, 6.45) is 8.41. The van der Waals surface area contributed by atoms with Gasteiger partial charge in [0.1, 0.15) is 29.5 Å². The van der Waals surface area contributed by atoms with E-state index in [9.17, 15) is 4.39 Å². The summed E-state index contributed by atoms with van der Waals surface area (Å²) < 4.78 is 37.4. The summed E-state index contributed by atoms with van der Waals surface area (Å²) in [5, 5.41) is 7.22. The molecule has 2 bridgehead atoms. The van der Waals surface area contributed by atoms with Gasteiger partial charge in [0.2, 0.25) is 0 Å². The second-order valence-electron chi connectivity index (χ2n) is 11.5. The quantitative estimate of drug-likeness (QED) is 0.463. The Morgan fingerprint density at radius 2 is 1.87 bits per heavy atom. The lowest BCUT2D eigenvalue weighted by molar-refractivity contribution is 0.108. The van der Waals surface area contributed by atoms with Crippen LogP contribution < -0.4 is 20.3 Å². The van der Waals surface area contributed by atoms with Crippen LogP contribution >= 0.6 is 0 Å². The third-order valence-corrected chi connectivity index (χ3v) is 9.06. The van der Waals surface area contributed by atoms with Gasteiger partial charge in [-0.3, -0.25) is 9.88 Å². The molecule has 0 radical (unpaired) electrons. The maximum Gasteiger partial charge on any atom is 0.319 e. The zero-order valence-electron chi connectivity index (χ0n) is 22.3. The summed E-state index contributed by atoms with van der Waals surface area (Å²) in [4.78, 5) is 18.7. The molecule has 0 saturated carbocycles. The molecule has 4 aliphatic heterocycles. The average molecular weight is 536 g/mol. The van der Waals surface area contributed by atoms with Gasteiger partial charge in [-0.1, -0.05) is 12.1 Å². The van der Waals surface area contributed by atoms with E-state index in [0.29, 0.717) is 42.0 Å². The van der Waals surface area contributed by atoms with Crippen LogP contribution in [0.3, 0.4) is 0 Å². The van der Waals surface area contributed by atoms with Crippen LogP contribution in [-0.2, 0) is 0 Å². The first-order valence-corrected chi connectivity index (χ1v) is 14.3. The zero-order chi connectivity index (χ0) is 26.6. The first-order chi connectivity index (χ1) is 19.0. The Labute approximate surface area is 227 Å². The van der Waals surface area contributed by atoms with Crippen LogP contribution in [0.2, 0.25) is 0 Å². The highest BCUT2D eigenvalue weighted by atomic mass is 19.1. The second-order valence-corrected chi connectivity index (χ2v) is 11.5. The fourth-order valence-corrected chi connectivity index (χ4v) is 7.22. The number of aromatic nitrogens is 3. The van der Waals surface area contributed by atoms with E-state index in [2.05, 4.69) is 30.4 Å². The van der Waals surface area contributed by atoms with Crippen molar-refractivity contribution < 1.29 is 13.5 Å². The summed E-state index contributed by atoms with van der Waals surface area (Å²) in [6.45, 7) is 6.65. The molecule has 0 amide bonds. The number of rotatable bonds is 7. The lowest BCUT2D eigenvalue weighted by Gasteiger charge is -2.34. The molecule has 10 heteroatoms. The molecule has 2 N–H and O–H groups in total. The van der Waals surface area contributed by atoms with Crippen molar-refractivity contribution in [2.45, 2.75) is 63.1 Å². The highest BCUT2D eigenvalue weighted by Crippen LogP contribution is 2.40. The van der Waals surface area contributed by atoms with Crippen molar-refractivity contribution in [2.75, 3.05) is 49.5 Å². The number of hydrogen-bond donors (Lipinski definition) is 2. The molecule has 0 spiro atoms. The molecule has 4 saturated heterocycles.